The zero-order chi connectivity index (χ0) is 33.5. The van der Waals surface area contributed by atoms with Gasteiger partial charge in [0.15, 0.2) is 0 Å². The van der Waals surface area contributed by atoms with E-state index in [0.29, 0.717) is 41.6 Å². The van der Waals surface area contributed by atoms with Gasteiger partial charge in [0.1, 0.15) is 5.60 Å². The van der Waals surface area contributed by atoms with Gasteiger partial charge in [-0.1, -0.05) is 25.5 Å². The van der Waals surface area contributed by atoms with Crippen molar-refractivity contribution in [2.75, 3.05) is 5.32 Å². The SMILES string of the molecule is C[C@@H]1CCC[C@H](NC(=O)OC(C)(C)C)c2cncc(c2)-c2ccc(CNC(=O)C(F)(F)F)cc2NC1=O.O=C(O)C(F)(F)F. The number of nitrogens with one attached hydrogen (secondary N) is 3. The number of carbonyl (C=O) groups excluding carboxylic acids is 3. The Morgan fingerprint density at radius 1 is 1.02 bits per heavy atom. The van der Waals surface area contributed by atoms with Crippen LogP contribution < -0.4 is 16.0 Å². The molecule has 1 aliphatic heterocycles. The number of benzene rings is 1. The highest BCUT2D eigenvalue weighted by molar-refractivity contribution is 5.97. The van der Waals surface area contributed by atoms with Crippen molar-refractivity contribution in [3.8, 4) is 11.1 Å². The number of alkyl carbamates (subject to hydrolysis) is 1. The molecule has 0 spiro atoms. The normalized spacial score (nSPS) is 17.3. The van der Waals surface area contributed by atoms with Crippen molar-refractivity contribution < 1.29 is 55.4 Å². The van der Waals surface area contributed by atoms with Crippen molar-refractivity contribution in [1.82, 2.24) is 15.6 Å². The van der Waals surface area contributed by atoms with Crippen LogP contribution in [0.5, 0.6) is 0 Å². The molecule has 2 heterocycles. The molecule has 0 fully saturated rings. The van der Waals surface area contributed by atoms with E-state index in [2.05, 4.69) is 15.6 Å². The number of aromatic nitrogens is 1. The molecule has 1 aliphatic rings. The second-order valence-corrected chi connectivity index (χ2v) is 10.9. The Hall–Kier alpha value is -4.37. The van der Waals surface area contributed by atoms with E-state index in [1.54, 1.807) is 52.2 Å². The third-order valence-electron chi connectivity index (χ3n) is 6.04. The molecule has 0 unspecified atom stereocenters. The van der Waals surface area contributed by atoms with E-state index in [1.807, 2.05) is 11.4 Å². The summed E-state index contributed by atoms with van der Waals surface area (Å²) in [6.45, 7) is 6.74. The minimum atomic E-state index is -5.08. The minimum Gasteiger partial charge on any atom is -0.475 e. The molecule has 242 valence electrons. The Morgan fingerprint density at radius 2 is 1.66 bits per heavy atom. The fourth-order valence-electron chi connectivity index (χ4n) is 3.92. The average molecular weight is 635 g/mol. The molecule has 3 amide bonds. The molecule has 2 atom stereocenters. The highest BCUT2D eigenvalue weighted by atomic mass is 19.4. The number of carbonyl (C=O) groups is 4. The van der Waals surface area contributed by atoms with Crippen molar-refractivity contribution in [2.24, 2.45) is 5.92 Å². The lowest BCUT2D eigenvalue weighted by atomic mass is 9.94. The first-order valence-electron chi connectivity index (χ1n) is 13.2. The lowest BCUT2D eigenvalue weighted by Gasteiger charge is -2.25. The number of halogens is 6. The van der Waals surface area contributed by atoms with Crippen LogP contribution in [0.2, 0.25) is 0 Å². The molecule has 0 saturated carbocycles. The Labute approximate surface area is 248 Å². The first-order chi connectivity index (χ1) is 20.2. The number of hydrogen-bond donors (Lipinski definition) is 4. The van der Waals surface area contributed by atoms with Gasteiger partial charge in [0.05, 0.1) is 6.04 Å². The molecule has 2 aromatic rings. The van der Waals surface area contributed by atoms with Crippen molar-refractivity contribution >= 4 is 29.6 Å². The zero-order valence-electron chi connectivity index (χ0n) is 24.2. The summed E-state index contributed by atoms with van der Waals surface area (Å²) in [7, 11) is 0. The fourth-order valence-corrected chi connectivity index (χ4v) is 3.92. The number of alkyl halides is 6. The Balaban J connectivity index is 0.000000860. The average Bonchev–Trinajstić information content (AvgIpc) is 2.89. The van der Waals surface area contributed by atoms with Crippen LogP contribution >= 0.6 is 0 Å². The Morgan fingerprint density at radius 3 is 2.23 bits per heavy atom. The molecule has 2 bridgehead atoms. The second kappa shape index (κ2) is 14.4. The lowest BCUT2D eigenvalue weighted by Crippen LogP contribution is -2.36. The van der Waals surface area contributed by atoms with E-state index in [9.17, 15) is 40.7 Å². The zero-order valence-corrected chi connectivity index (χ0v) is 24.2. The molecule has 0 radical (unpaired) electrons. The van der Waals surface area contributed by atoms with E-state index in [0.717, 1.165) is 5.56 Å². The summed E-state index contributed by atoms with van der Waals surface area (Å²) < 4.78 is 74.9. The molecule has 4 N–H and O–H groups in total. The van der Waals surface area contributed by atoms with Gasteiger partial charge in [0.25, 0.3) is 0 Å². The summed E-state index contributed by atoms with van der Waals surface area (Å²) in [4.78, 5) is 49.9. The van der Waals surface area contributed by atoms with Gasteiger partial charge >= 0.3 is 30.3 Å². The second-order valence-electron chi connectivity index (χ2n) is 10.9. The Kier molecular flexibility index (Phi) is 11.7. The number of nitrogens with zero attached hydrogens (tertiary/aromatic N) is 1. The van der Waals surface area contributed by atoms with E-state index >= 15 is 0 Å². The molecule has 3 rings (SSSR count). The smallest absolute Gasteiger partial charge is 0.475 e. The minimum absolute atomic E-state index is 0.251. The van der Waals surface area contributed by atoms with Gasteiger partial charge in [-0.05, 0) is 56.9 Å². The topological polar surface area (TPSA) is 147 Å². The van der Waals surface area contributed by atoms with Crippen molar-refractivity contribution in [2.45, 2.75) is 77.5 Å². The van der Waals surface area contributed by atoms with Crippen molar-refractivity contribution in [3.63, 3.8) is 0 Å². The van der Waals surface area contributed by atoms with Gasteiger partial charge in [-0.3, -0.25) is 14.6 Å². The summed E-state index contributed by atoms with van der Waals surface area (Å²) in [5, 5.41) is 14.7. The summed E-state index contributed by atoms with van der Waals surface area (Å²) in [6, 6.07) is 6.19. The van der Waals surface area contributed by atoms with Gasteiger partial charge in [-0.15, -0.1) is 0 Å². The molecule has 10 nitrogen and oxygen atoms in total. The summed E-state index contributed by atoms with van der Waals surface area (Å²) in [6.07, 6.45) is -5.65. The Bertz CT molecular complexity index is 1360. The standard InChI is InChI=1S/C26H31F3N4O4.C2HF3O2/c1-15-6-5-7-20(33-24(36)37-25(2,3)4)18-11-17(13-30-14-18)19-9-8-16(10-21(19)32-22(15)34)12-31-23(35)26(27,28)29;3-2(4,5)1(6)7/h8-11,13-15,20H,5-7,12H2,1-4H3,(H,31,35)(H,32,34)(H,33,36);(H,6,7)/t15-,20+;/m1./s1. The number of anilines is 1. The molecule has 1 aromatic carbocycles. The van der Waals surface area contributed by atoms with E-state index in [1.165, 1.54) is 6.07 Å². The monoisotopic (exact) mass is 634 g/mol. The third kappa shape index (κ3) is 11.4. The maximum atomic E-state index is 12.9. The predicted molar refractivity (Wildman–Crippen MR) is 145 cm³/mol. The quantitative estimate of drug-likeness (QED) is 0.308. The van der Waals surface area contributed by atoms with Gasteiger partial charge in [-0.2, -0.15) is 26.3 Å². The number of pyridine rings is 1. The van der Waals surface area contributed by atoms with Crippen LogP contribution in [0.15, 0.2) is 36.7 Å². The van der Waals surface area contributed by atoms with Crippen LogP contribution in [0, 0.1) is 5.92 Å². The molecule has 0 aliphatic carbocycles. The molecular weight excluding hydrogens is 602 g/mol. The number of rotatable bonds is 3. The number of carboxylic acid groups (broad SMARTS) is 1. The highest BCUT2D eigenvalue weighted by Gasteiger charge is 2.39. The van der Waals surface area contributed by atoms with Gasteiger partial charge in [0, 0.05) is 41.7 Å². The number of aliphatic carboxylic acids is 1. The van der Waals surface area contributed by atoms with Gasteiger partial charge in [-0.25, -0.2) is 9.59 Å². The van der Waals surface area contributed by atoms with E-state index in [-0.39, 0.29) is 18.4 Å². The number of hydrogen-bond acceptors (Lipinski definition) is 6. The van der Waals surface area contributed by atoms with Crippen LogP contribution in [0.4, 0.5) is 36.8 Å². The maximum absolute atomic E-state index is 12.9. The van der Waals surface area contributed by atoms with Crippen LogP contribution in [0.3, 0.4) is 0 Å². The molecular formula is C28H32F6N4O6. The lowest BCUT2D eigenvalue weighted by molar-refractivity contribution is -0.192. The number of fused-ring (bicyclic) bond motifs is 4. The van der Waals surface area contributed by atoms with Crippen LogP contribution in [0.1, 0.15) is 64.1 Å². The largest absolute Gasteiger partial charge is 0.490 e. The molecule has 0 saturated heterocycles. The van der Waals surface area contributed by atoms with Gasteiger partial charge in [0.2, 0.25) is 5.91 Å². The summed E-state index contributed by atoms with van der Waals surface area (Å²) >= 11 is 0. The van der Waals surface area contributed by atoms with Crippen LogP contribution in [0.25, 0.3) is 11.1 Å². The van der Waals surface area contributed by atoms with Crippen LogP contribution in [-0.2, 0) is 25.7 Å². The van der Waals surface area contributed by atoms with E-state index < -0.39 is 42.0 Å². The highest BCUT2D eigenvalue weighted by Crippen LogP contribution is 2.33. The third-order valence-corrected chi connectivity index (χ3v) is 6.04. The van der Waals surface area contributed by atoms with Gasteiger partial charge < -0.3 is 25.8 Å². The summed E-state index contributed by atoms with van der Waals surface area (Å²) in [5.74, 6) is -5.41. The number of carboxylic acids is 1. The van der Waals surface area contributed by atoms with Crippen molar-refractivity contribution in [1.29, 1.82) is 0 Å². The number of amides is 3. The fraction of sp³-hybridized carbons (Fsp3) is 0.464. The molecule has 44 heavy (non-hydrogen) atoms. The number of ether oxygens (including phenoxy) is 1. The predicted octanol–water partition coefficient (Wildman–Crippen LogP) is 5.88. The first-order valence-corrected chi connectivity index (χ1v) is 13.2. The van der Waals surface area contributed by atoms with Crippen LogP contribution in [-0.4, -0.2) is 51.9 Å². The molecule has 1 aromatic heterocycles. The molecule has 16 heteroatoms. The van der Waals surface area contributed by atoms with Crippen molar-refractivity contribution in [3.05, 3.63) is 47.8 Å². The first kappa shape index (κ1) is 35.8. The van der Waals surface area contributed by atoms with E-state index in [4.69, 9.17) is 14.6 Å². The maximum Gasteiger partial charge on any atom is 0.490 e. The summed E-state index contributed by atoms with van der Waals surface area (Å²) in [5.41, 5.74) is 2.07.